The second-order valence-electron chi connectivity index (χ2n) is 7.48. The van der Waals surface area contributed by atoms with Crippen LogP contribution >= 0.6 is 63.0 Å². The van der Waals surface area contributed by atoms with E-state index in [2.05, 4.69) is 21.2 Å². The Morgan fingerprint density at radius 3 is 2.50 bits per heavy atom. The first-order valence-corrected chi connectivity index (χ1v) is 12.6. The van der Waals surface area contributed by atoms with E-state index in [1.54, 1.807) is 42.5 Å². The number of hydrogen-bond donors (Lipinski definition) is 1. The molecule has 2 amide bonds. The molecule has 0 saturated carbocycles. The summed E-state index contributed by atoms with van der Waals surface area (Å²) in [6.07, 6.45) is 1.43. The van der Waals surface area contributed by atoms with Crippen LogP contribution in [0.4, 0.5) is 5.69 Å². The second-order valence-corrected chi connectivity index (χ2v) is 9.94. The number of thiocarbonyl (C=S) groups is 1. The van der Waals surface area contributed by atoms with E-state index < -0.39 is 11.8 Å². The van der Waals surface area contributed by atoms with E-state index in [0.29, 0.717) is 26.6 Å². The normalized spacial score (nSPS) is 14.8. The van der Waals surface area contributed by atoms with Crippen molar-refractivity contribution >= 4 is 91.6 Å². The number of methoxy groups -OCH3 is 1. The van der Waals surface area contributed by atoms with Gasteiger partial charge in [-0.15, -0.1) is 0 Å². The number of amides is 2. The van der Waals surface area contributed by atoms with E-state index in [-0.39, 0.29) is 33.0 Å². The average Bonchev–Trinajstić information content (AvgIpc) is 2.84. The molecule has 1 heterocycles. The van der Waals surface area contributed by atoms with Gasteiger partial charge in [0.25, 0.3) is 11.8 Å². The van der Waals surface area contributed by atoms with E-state index in [1.807, 2.05) is 12.1 Å². The van der Waals surface area contributed by atoms with Crippen molar-refractivity contribution in [2.75, 3.05) is 12.0 Å². The molecule has 1 fully saturated rings. The number of anilines is 1. The molecule has 0 bridgehead atoms. The Labute approximate surface area is 235 Å². The number of rotatable bonds is 6. The molecule has 0 aromatic heterocycles. The average molecular weight is 627 g/mol. The fourth-order valence-corrected chi connectivity index (χ4v) is 4.76. The zero-order valence-corrected chi connectivity index (χ0v) is 23.2. The first kappa shape index (κ1) is 26.4. The standard InChI is InChI=1S/C25H16BrCl3N2O4S/c1-34-20-11-14(10-17(26)22(20)35-12-13-5-7-15(27)8-6-13)9-16-23(32)30-25(36)31(24(16)33)19-4-2-3-18(28)21(19)29/h2-11H,12H2,1H3,(H,30,32,36)/b16-9+. The third kappa shape index (κ3) is 5.53. The van der Waals surface area contributed by atoms with Gasteiger partial charge in [0.15, 0.2) is 16.6 Å². The molecule has 0 radical (unpaired) electrons. The zero-order chi connectivity index (χ0) is 26.0. The molecule has 11 heteroatoms. The summed E-state index contributed by atoms with van der Waals surface area (Å²) in [6, 6.07) is 15.4. The second kappa shape index (κ2) is 11.2. The summed E-state index contributed by atoms with van der Waals surface area (Å²) < 4.78 is 12.0. The summed E-state index contributed by atoms with van der Waals surface area (Å²) in [5.74, 6) is -0.426. The minimum atomic E-state index is -0.647. The third-order valence-corrected chi connectivity index (χ3v) is 7.07. The van der Waals surface area contributed by atoms with E-state index in [0.717, 1.165) is 10.5 Å². The van der Waals surface area contributed by atoms with Crippen LogP contribution in [0.25, 0.3) is 6.08 Å². The maximum atomic E-state index is 13.3. The number of carbonyl (C=O) groups excluding carboxylic acids is 2. The lowest BCUT2D eigenvalue weighted by molar-refractivity contribution is -0.122. The van der Waals surface area contributed by atoms with Crippen molar-refractivity contribution in [1.82, 2.24) is 5.32 Å². The number of halogens is 4. The van der Waals surface area contributed by atoms with Gasteiger partial charge in [-0.3, -0.25) is 19.8 Å². The van der Waals surface area contributed by atoms with Crippen LogP contribution in [0, 0.1) is 0 Å². The van der Waals surface area contributed by atoms with Gasteiger partial charge >= 0.3 is 0 Å². The van der Waals surface area contributed by atoms with Crippen LogP contribution in [-0.4, -0.2) is 24.0 Å². The first-order valence-electron chi connectivity index (χ1n) is 10.3. The summed E-state index contributed by atoms with van der Waals surface area (Å²) in [6.45, 7) is 0.278. The molecule has 3 aromatic carbocycles. The summed E-state index contributed by atoms with van der Waals surface area (Å²) in [5.41, 5.74) is 1.54. The molecule has 3 aromatic rings. The Balaban J connectivity index is 1.66. The largest absolute Gasteiger partial charge is 0.493 e. The Kier molecular flexibility index (Phi) is 8.22. The molecule has 0 atom stereocenters. The maximum Gasteiger partial charge on any atom is 0.270 e. The van der Waals surface area contributed by atoms with Crippen molar-refractivity contribution in [1.29, 1.82) is 0 Å². The van der Waals surface area contributed by atoms with Crippen LogP contribution < -0.4 is 19.7 Å². The molecular weight excluding hydrogens is 611 g/mol. The SMILES string of the molecule is COc1cc(/C=C2\C(=O)NC(=S)N(c3cccc(Cl)c3Cl)C2=O)cc(Br)c1OCc1ccc(Cl)cc1. The highest BCUT2D eigenvalue weighted by molar-refractivity contribution is 9.10. The zero-order valence-electron chi connectivity index (χ0n) is 18.5. The summed E-state index contributed by atoms with van der Waals surface area (Å²) >= 11 is 27.1. The molecule has 1 aliphatic heterocycles. The number of ether oxygens (including phenoxy) is 2. The molecule has 0 unspecified atom stereocenters. The molecular formula is C25H16BrCl3N2O4S. The summed E-state index contributed by atoms with van der Waals surface area (Å²) in [5, 5.41) is 3.44. The van der Waals surface area contributed by atoms with Gasteiger partial charge in [0.1, 0.15) is 12.2 Å². The maximum absolute atomic E-state index is 13.3. The Bertz CT molecular complexity index is 1410. The fraction of sp³-hybridized carbons (Fsp3) is 0.0800. The predicted molar refractivity (Wildman–Crippen MR) is 149 cm³/mol. The topological polar surface area (TPSA) is 67.9 Å². The molecule has 4 rings (SSSR count). The lowest BCUT2D eigenvalue weighted by Gasteiger charge is -2.29. The molecule has 184 valence electrons. The van der Waals surface area contributed by atoms with Gasteiger partial charge in [-0.1, -0.05) is 53.0 Å². The predicted octanol–water partition coefficient (Wildman–Crippen LogP) is 6.83. The molecule has 6 nitrogen and oxygen atoms in total. The van der Waals surface area contributed by atoms with Crippen molar-refractivity contribution in [2.24, 2.45) is 0 Å². The van der Waals surface area contributed by atoms with Crippen LogP contribution in [0.5, 0.6) is 11.5 Å². The minimum absolute atomic E-state index is 0.101. The highest BCUT2D eigenvalue weighted by Gasteiger charge is 2.35. The van der Waals surface area contributed by atoms with Gasteiger partial charge in [0, 0.05) is 5.02 Å². The van der Waals surface area contributed by atoms with Crippen LogP contribution in [0.1, 0.15) is 11.1 Å². The Hall–Kier alpha value is -2.62. The van der Waals surface area contributed by atoms with Crippen LogP contribution in [-0.2, 0) is 16.2 Å². The van der Waals surface area contributed by atoms with Gasteiger partial charge in [-0.05, 0) is 81.7 Å². The van der Waals surface area contributed by atoms with Crippen molar-refractivity contribution < 1.29 is 19.1 Å². The number of benzene rings is 3. The lowest BCUT2D eigenvalue weighted by Crippen LogP contribution is -2.54. The lowest BCUT2D eigenvalue weighted by atomic mass is 10.1. The molecule has 1 saturated heterocycles. The van der Waals surface area contributed by atoms with Gasteiger partial charge in [0.05, 0.1) is 27.3 Å². The van der Waals surface area contributed by atoms with Crippen molar-refractivity contribution in [3.8, 4) is 11.5 Å². The first-order chi connectivity index (χ1) is 17.2. The quantitative estimate of drug-likeness (QED) is 0.185. The van der Waals surface area contributed by atoms with Gasteiger partial charge in [-0.25, -0.2) is 0 Å². The van der Waals surface area contributed by atoms with Gasteiger partial charge in [0.2, 0.25) is 0 Å². The molecule has 1 N–H and O–H groups in total. The minimum Gasteiger partial charge on any atom is -0.493 e. The molecule has 1 aliphatic rings. The molecule has 0 spiro atoms. The number of carbonyl (C=O) groups is 2. The van der Waals surface area contributed by atoms with Crippen LogP contribution in [0.2, 0.25) is 15.1 Å². The van der Waals surface area contributed by atoms with E-state index >= 15 is 0 Å². The number of nitrogens with zero attached hydrogens (tertiary/aromatic N) is 1. The van der Waals surface area contributed by atoms with E-state index in [4.69, 9.17) is 56.5 Å². The van der Waals surface area contributed by atoms with Gasteiger partial charge < -0.3 is 9.47 Å². The van der Waals surface area contributed by atoms with E-state index in [9.17, 15) is 9.59 Å². The van der Waals surface area contributed by atoms with Gasteiger partial charge in [-0.2, -0.15) is 0 Å². The van der Waals surface area contributed by atoms with Crippen molar-refractivity contribution in [2.45, 2.75) is 6.61 Å². The van der Waals surface area contributed by atoms with Crippen molar-refractivity contribution in [3.05, 3.63) is 90.8 Å². The fourth-order valence-electron chi connectivity index (χ4n) is 3.41. The van der Waals surface area contributed by atoms with Crippen LogP contribution in [0.3, 0.4) is 0 Å². The highest BCUT2D eigenvalue weighted by atomic mass is 79.9. The van der Waals surface area contributed by atoms with Crippen molar-refractivity contribution in [3.63, 3.8) is 0 Å². The third-order valence-electron chi connectivity index (χ3n) is 5.13. The smallest absolute Gasteiger partial charge is 0.270 e. The van der Waals surface area contributed by atoms with Crippen LogP contribution in [0.15, 0.2) is 64.6 Å². The monoisotopic (exact) mass is 624 g/mol. The van der Waals surface area contributed by atoms with E-state index in [1.165, 1.54) is 13.2 Å². The number of nitrogens with one attached hydrogen (secondary N) is 1. The summed E-state index contributed by atoms with van der Waals surface area (Å²) in [7, 11) is 1.49. The number of hydrogen-bond acceptors (Lipinski definition) is 5. The highest BCUT2D eigenvalue weighted by Crippen LogP contribution is 2.39. The Morgan fingerprint density at radius 2 is 1.81 bits per heavy atom. The molecule has 36 heavy (non-hydrogen) atoms. The molecule has 0 aliphatic carbocycles. The Morgan fingerprint density at radius 1 is 1.08 bits per heavy atom. The summed E-state index contributed by atoms with van der Waals surface area (Å²) in [4.78, 5) is 27.2.